The van der Waals surface area contributed by atoms with E-state index in [0.29, 0.717) is 27.3 Å². The number of nitrogens with zero attached hydrogens (tertiary/aromatic N) is 3. The molecule has 1 heterocycles. The molecule has 4 rings (SSSR count). The molecule has 1 aliphatic rings. The van der Waals surface area contributed by atoms with Gasteiger partial charge >= 0.3 is 0 Å². The minimum atomic E-state index is -3.59. The van der Waals surface area contributed by atoms with Gasteiger partial charge in [-0.2, -0.15) is 4.31 Å². The van der Waals surface area contributed by atoms with E-state index in [-0.39, 0.29) is 12.6 Å². The lowest BCUT2D eigenvalue weighted by molar-refractivity contribution is 0.383. The maximum Gasteiger partial charge on any atom is 0.243 e. The van der Waals surface area contributed by atoms with E-state index in [2.05, 4.69) is 4.98 Å². The molecule has 1 fully saturated rings. The highest BCUT2D eigenvalue weighted by atomic mass is 35.5. The number of benzene rings is 2. The quantitative estimate of drug-likeness (QED) is 0.515. The normalized spacial score (nSPS) is 14.5. The highest BCUT2D eigenvalue weighted by Gasteiger charge is 2.38. The van der Waals surface area contributed by atoms with Crippen LogP contribution in [0.15, 0.2) is 59.8 Å². The lowest BCUT2D eigenvalue weighted by Crippen LogP contribution is -2.33. The maximum absolute atomic E-state index is 13.3. The fourth-order valence-electron chi connectivity index (χ4n) is 3.23. The molecule has 2 aromatic carbocycles. The van der Waals surface area contributed by atoms with Gasteiger partial charge in [-0.25, -0.2) is 13.4 Å². The molecule has 1 aromatic heterocycles. The van der Waals surface area contributed by atoms with Gasteiger partial charge in [0.2, 0.25) is 10.0 Å². The van der Waals surface area contributed by atoms with Gasteiger partial charge in [-0.1, -0.05) is 47.0 Å². The van der Waals surface area contributed by atoms with Crippen LogP contribution in [0.2, 0.25) is 10.0 Å². The molecule has 1 saturated carbocycles. The SMILES string of the molecule is Cc1ccc(S(=O)(=O)N(Cc2nccn2Cc2ccc(Cl)c(Cl)c2)C2CC2)cc1. The van der Waals surface area contributed by atoms with Crippen LogP contribution in [-0.2, 0) is 23.1 Å². The van der Waals surface area contributed by atoms with Crippen LogP contribution < -0.4 is 0 Å². The number of aromatic nitrogens is 2. The van der Waals surface area contributed by atoms with Gasteiger partial charge in [0, 0.05) is 25.0 Å². The van der Waals surface area contributed by atoms with E-state index >= 15 is 0 Å². The molecule has 8 heteroatoms. The summed E-state index contributed by atoms with van der Waals surface area (Å²) in [5.74, 6) is 0.693. The third-order valence-corrected chi connectivity index (χ3v) is 7.67. The number of aryl methyl sites for hydroxylation is 1. The highest BCUT2D eigenvalue weighted by Crippen LogP contribution is 2.33. The molecule has 0 N–H and O–H groups in total. The molecule has 0 spiro atoms. The Hall–Kier alpha value is -1.86. The fraction of sp³-hybridized carbons (Fsp3) is 0.286. The summed E-state index contributed by atoms with van der Waals surface area (Å²) in [4.78, 5) is 4.74. The lowest BCUT2D eigenvalue weighted by atomic mass is 10.2. The van der Waals surface area contributed by atoms with Crippen LogP contribution in [0.4, 0.5) is 0 Å². The van der Waals surface area contributed by atoms with Crippen molar-refractivity contribution in [3.05, 3.63) is 81.9 Å². The molecule has 3 aromatic rings. The number of hydrogen-bond donors (Lipinski definition) is 0. The first kappa shape index (κ1) is 20.4. The largest absolute Gasteiger partial charge is 0.329 e. The van der Waals surface area contributed by atoms with Crippen molar-refractivity contribution in [1.82, 2.24) is 13.9 Å². The third-order valence-electron chi connectivity index (χ3n) is 5.02. The lowest BCUT2D eigenvalue weighted by Gasteiger charge is -2.22. The van der Waals surface area contributed by atoms with Gasteiger partial charge in [-0.15, -0.1) is 0 Å². The molecular formula is C21H21Cl2N3O2S. The molecule has 152 valence electrons. The van der Waals surface area contributed by atoms with E-state index in [1.807, 2.05) is 42.0 Å². The van der Waals surface area contributed by atoms with Crippen molar-refractivity contribution >= 4 is 33.2 Å². The number of halogens is 2. The van der Waals surface area contributed by atoms with Crippen molar-refractivity contribution in [1.29, 1.82) is 0 Å². The Morgan fingerprint density at radius 2 is 1.83 bits per heavy atom. The zero-order chi connectivity index (χ0) is 20.6. The molecule has 0 atom stereocenters. The predicted molar refractivity (Wildman–Crippen MR) is 115 cm³/mol. The average molecular weight is 450 g/mol. The Morgan fingerprint density at radius 3 is 2.48 bits per heavy atom. The van der Waals surface area contributed by atoms with Crippen LogP contribution in [0.1, 0.15) is 29.8 Å². The van der Waals surface area contributed by atoms with Crippen molar-refractivity contribution < 1.29 is 8.42 Å². The highest BCUT2D eigenvalue weighted by molar-refractivity contribution is 7.89. The summed E-state index contributed by atoms with van der Waals surface area (Å²) >= 11 is 12.1. The molecule has 0 unspecified atom stereocenters. The van der Waals surface area contributed by atoms with Crippen molar-refractivity contribution in [3.8, 4) is 0 Å². The zero-order valence-corrected chi connectivity index (χ0v) is 18.3. The second kappa shape index (κ2) is 8.11. The van der Waals surface area contributed by atoms with E-state index in [1.54, 1.807) is 28.7 Å². The Labute approximate surface area is 180 Å². The fourth-order valence-corrected chi connectivity index (χ4v) is 5.19. The summed E-state index contributed by atoms with van der Waals surface area (Å²) < 4.78 is 30.0. The molecule has 0 radical (unpaired) electrons. The van der Waals surface area contributed by atoms with Crippen LogP contribution in [0.3, 0.4) is 0 Å². The first-order valence-corrected chi connectivity index (χ1v) is 11.6. The molecule has 29 heavy (non-hydrogen) atoms. The Morgan fingerprint density at radius 1 is 1.10 bits per heavy atom. The molecule has 0 amide bonds. The number of rotatable bonds is 7. The van der Waals surface area contributed by atoms with E-state index in [9.17, 15) is 8.42 Å². The third kappa shape index (κ3) is 4.51. The summed E-state index contributed by atoms with van der Waals surface area (Å²) in [7, 11) is -3.59. The number of sulfonamides is 1. The van der Waals surface area contributed by atoms with Gasteiger partial charge in [0.15, 0.2) is 0 Å². The first-order valence-electron chi connectivity index (χ1n) is 9.37. The van der Waals surface area contributed by atoms with E-state index < -0.39 is 10.0 Å². The molecule has 1 aliphatic carbocycles. The smallest absolute Gasteiger partial charge is 0.243 e. The second-order valence-electron chi connectivity index (χ2n) is 7.31. The van der Waals surface area contributed by atoms with Gasteiger partial charge in [0.25, 0.3) is 0 Å². The maximum atomic E-state index is 13.3. The average Bonchev–Trinajstić information content (AvgIpc) is 3.43. The first-order chi connectivity index (χ1) is 13.8. The Kier molecular flexibility index (Phi) is 5.71. The van der Waals surface area contributed by atoms with Crippen LogP contribution in [0.5, 0.6) is 0 Å². The summed E-state index contributed by atoms with van der Waals surface area (Å²) in [5, 5.41) is 0.998. The Bertz CT molecular complexity index is 1120. The molecule has 5 nitrogen and oxygen atoms in total. The predicted octanol–water partition coefficient (Wildman–Crippen LogP) is 4.90. The van der Waals surface area contributed by atoms with Gasteiger partial charge in [-0.3, -0.25) is 0 Å². The van der Waals surface area contributed by atoms with Crippen LogP contribution in [0, 0.1) is 6.92 Å². The number of hydrogen-bond acceptors (Lipinski definition) is 3. The summed E-state index contributed by atoms with van der Waals surface area (Å²) in [6, 6.07) is 12.5. The van der Waals surface area contributed by atoms with Crippen molar-refractivity contribution in [2.45, 2.75) is 43.8 Å². The van der Waals surface area contributed by atoms with Gasteiger partial charge in [-0.05, 0) is 49.6 Å². The molecular weight excluding hydrogens is 429 g/mol. The topological polar surface area (TPSA) is 55.2 Å². The van der Waals surface area contributed by atoms with Crippen LogP contribution in [-0.4, -0.2) is 28.3 Å². The monoisotopic (exact) mass is 449 g/mol. The molecule has 0 bridgehead atoms. The van der Waals surface area contributed by atoms with Gasteiger partial charge in [0.1, 0.15) is 5.82 Å². The van der Waals surface area contributed by atoms with E-state index in [0.717, 1.165) is 24.0 Å². The summed E-state index contributed by atoms with van der Waals surface area (Å²) in [5.41, 5.74) is 2.00. The van der Waals surface area contributed by atoms with Gasteiger partial charge in [0.05, 0.1) is 21.5 Å². The number of imidazole rings is 1. The Balaban J connectivity index is 1.59. The van der Waals surface area contributed by atoms with Crippen molar-refractivity contribution in [2.24, 2.45) is 0 Å². The summed E-state index contributed by atoms with van der Waals surface area (Å²) in [6.45, 7) is 2.71. The van der Waals surface area contributed by atoms with Crippen molar-refractivity contribution in [2.75, 3.05) is 0 Å². The van der Waals surface area contributed by atoms with Gasteiger partial charge < -0.3 is 4.57 Å². The second-order valence-corrected chi connectivity index (χ2v) is 10.0. The minimum Gasteiger partial charge on any atom is -0.329 e. The standard InChI is InChI=1S/C21H21Cl2N3O2S/c1-15-2-7-18(8-3-15)29(27,28)26(17-5-6-17)14-21-24-10-11-25(21)13-16-4-9-19(22)20(23)12-16/h2-4,7-12,17H,5-6,13-14H2,1H3. The molecule has 0 saturated heterocycles. The van der Waals surface area contributed by atoms with Crippen LogP contribution in [0.25, 0.3) is 0 Å². The van der Waals surface area contributed by atoms with Crippen LogP contribution >= 0.6 is 23.2 Å². The van der Waals surface area contributed by atoms with E-state index in [4.69, 9.17) is 23.2 Å². The molecule has 0 aliphatic heterocycles. The van der Waals surface area contributed by atoms with Crippen molar-refractivity contribution in [3.63, 3.8) is 0 Å². The van der Waals surface area contributed by atoms with E-state index in [1.165, 1.54) is 0 Å². The minimum absolute atomic E-state index is 0.0245. The zero-order valence-electron chi connectivity index (χ0n) is 15.9. The summed E-state index contributed by atoms with van der Waals surface area (Å²) in [6.07, 6.45) is 5.29.